The van der Waals surface area contributed by atoms with E-state index in [4.69, 9.17) is 11.6 Å². The van der Waals surface area contributed by atoms with Gasteiger partial charge in [-0.25, -0.2) is 0 Å². The molecule has 1 aromatic rings. The second-order valence-corrected chi connectivity index (χ2v) is 5.97. The van der Waals surface area contributed by atoms with Gasteiger partial charge in [0.25, 0.3) is 0 Å². The summed E-state index contributed by atoms with van der Waals surface area (Å²) in [6.45, 7) is 4.54. The van der Waals surface area contributed by atoms with E-state index in [1.165, 1.54) is 24.8 Å². The molecule has 0 spiro atoms. The molecule has 0 amide bonds. The number of hydrogen-bond donors (Lipinski definition) is 1. The largest absolute Gasteiger partial charge is 0.314 e. The zero-order valence-corrected chi connectivity index (χ0v) is 13.9. The minimum Gasteiger partial charge on any atom is -0.314 e. The minimum absolute atomic E-state index is 0. The molecule has 2 fully saturated rings. The first-order chi connectivity index (χ1) is 8.83. The molecular weight excluding hydrogens is 315 g/mol. The molecule has 2 nitrogen and oxygen atoms in total. The number of nitrogens with one attached hydrogen (secondary N) is 1. The molecule has 3 rings (SSSR count). The zero-order chi connectivity index (χ0) is 12.4. The normalized spacial score (nSPS) is 20.6. The molecule has 0 radical (unpaired) electrons. The molecule has 1 atom stereocenters. The first-order valence-electron chi connectivity index (χ1n) is 7.03. The van der Waals surface area contributed by atoms with E-state index in [2.05, 4.69) is 28.4 Å². The van der Waals surface area contributed by atoms with Crippen molar-refractivity contribution in [1.29, 1.82) is 0 Å². The van der Waals surface area contributed by atoms with E-state index in [0.29, 0.717) is 6.04 Å². The van der Waals surface area contributed by atoms with Crippen molar-refractivity contribution in [3.8, 4) is 0 Å². The first kappa shape index (κ1) is 18.1. The van der Waals surface area contributed by atoms with Crippen LogP contribution >= 0.6 is 36.4 Å². The molecule has 1 aliphatic heterocycles. The molecule has 1 aromatic carbocycles. The highest BCUT2D eigenvalue weighted by atomic mass is 35.5. The van der Waals surface area contributed by atoms with E-state index < -0.39 is 0 Å². The molecular formula is C15H23Cl3N2. The average Bonchev–Trinajstić information content (AvgIpc) is 3.21. The summed E-state index contributed by atoms with van der Waals surface area (Å²) < 4.78 is 0. The van der Waals surface area contributed by atoms with Gasteiger partial charge in [-0.15, -0.1) is 24.8 Å². The van der Waals surface area contributed by atoms with Crippen molar-refractivity contribution in [2.45, 2.75) is 25.3 Å². The predicted molar refractivity (Wildman–Crippen MR) is 90.5 cm³/mol. The zero-order valence-electron chi connectivity index (χ0n) is 11.6. The van der Waals surface area contributed by atoms with Crippen LogP contribution in [0.2, 0.25) is 5.02 Å². The first-order valence-corrected chi connectivity index (χ1v) is 7.41. The Kier molecular flexibility index (Phi) is 7.63. The van der Waals surface area contributed by atoms with Crippen LogP contribution < -0.4 is 5.32 Å². The van der Waals surface area contributed by atoms with Gasteiger partial charge < -0.3 is 5.32 Å². The molecule has 1 aliphatic carbocycles. The Hall–Kier alpha value is 0.01000. The van der Waals surface area contributed by atoms with Gasteiger partial charge in [-0.3, -0.25) is 4.90 Å². The van der Waals surface area contributed by atoms with Crippen LogP contribution in [-0.4, -0.2) is 31.1 Å². The number of piperazine rings is 1. The maximum atomic E-state index is 6.15. The lowest BCUT2D eigenvalue weighted by Crippen LogP contribution is -2.45. The highest BCUT2D eigenvalue weighted by Gasteiger charge is 2.30. The Morgan fingerprint density at radius 2 is 1.90 bits per heavy atom. The standard InChI is InChI=1S/C15H21ClN2.2ClH/c16-14-3-1-2-13(11-14)15(10-12-4-5-12)18-8-6-17-7-9-18;;/h1-3,11-12,15,17H,4-10H2;2*1H/t15-;;/m1../s1. The Morgan fingerprint density at radius 1 is 1.20 bits per heavy atom. The number of halogens is 3. The van der Waals surface area contributed by atoms with Crippen molar-refractivity contribution in [3.63, 3.8) is 0 Å². The van der Waals surface area contributed by atoms with E-state index in [9.17, 15) is 0 Å². The van der Waals surface area contributed by atoms with Gasteiger partial charge in [0.1, 0.15) is 0 Å². The lowest BCUT2D eigenvalue weighted by Gasteiger charge is -2.35. The summed E-state index contributed by atoms with van der Waals surface area (Å²) in [6.07, 6.45) is 4.15. The van der Waals surface area contributed by atoms with Gasteiger partial charge in [0.2, 0.25) is 0 Å². The highest BCUT2D eigenvalue weighted by Crippen LogP contribution is 2.40. The summed E-state index contributed by atoms with van der Waals surface area (Å²) in [5.74, 6) is 0.948. The number of rotatable bonds is 4. The highest BCUT2D eigenvalue weighted by molar-refractivity contribution is 6.30. The van der Waals surface area contributed by atoms with Gasteiger partial charge in [0, 0.05) is 37.2 Å². The van der Waals surface area contributed by atoms with E-state index in [-0.39, 0.29) is 24.8 Å². The van der Waals surface area contributed by atoms with Gasteiger partial charge in [0.15, 0.2) is 0 Å². The van der Waals surface area contributed by atoms with Crippen LogP contribution in [0.15, 0.2) is 24.3 Å². The lowest BCUT2D eigenvalue weighted by molar-refractivity contribution is 0.160. The van der Waals surface area contributed by atoms with Crippen molar-refractivity contribution in [2.24, 2.45) is 5.92 Å². The molecule has 1 saturated heterocycles. The van der Waals surface area contributed by atoms with E-state index in [1.807, 2.05) is 6.07 Å². The average molecular weight is 338 g/mol. The second-order valence-electron chi connectivity index (χ2n) is 5.54. The molecule has 0 aromatic heterocycles. The maximum Gasteiger partial charge on any atom is 0.0409 e. The van der Waals surface area contributed by atoms with Gasteiger partial charge in [-0.2, -0.15) is 0 Å². The fourth-order valence-corrected chi connectivity index (χ4v) is 3.07. The Bertz CT molecular complexity index is 404. The number of hydrogen-bond acceptors (Lipinski definition) is 2. The Labute approximate surface area is 139 Å². The molecule has 114 valence electrons. The van der Waals surface area contributed by atoms with Crippen molar-refractivity contribution in [1.82, 2.24) is 10.2 Å². The Balaban J connectivity index is 0.000001000. The van der Waals surface area contributed by atoms with E-state index >= 15 is 0 Å². The molecule has 20 heavy (non-hydrogen) atoms. The summed E-state index contributed by atoms with van der Waals surface area (Å²) in [5.41, 5.74) is 1.40. The van der Waals surface area contributed by atoms with Crippen LogP contribution in [0.5, 0.6) is 0 Å². The van der Waals surface area contributed by atoms with Crippen LogP contribution in [0.3, 0.4) is 0 Å². The van der Waals surface area contributed by atoms with Gasteiger partial charge >= 0.3 is 0 Å². The number of benzene rings is 1. The quantitative estimate of drug-likeness (QED) is 0.895. The van der Waals surface area contributed by atoms with Crippen molar-refractivity contribution in [2.75, 3.05) is 26.2 Å². The molecule has 5 heteroatoms. The third-order valence-corrected chi connectivity index (χ3v) is 4.31. The summed E-state index contributed by atoms with van der Waals surface area (Å²) in [5, 5.41) is 4.30. The topological polar surface area (TPSA) is 15.3 Å². The predicted octanol–water partition coefficient (Wildman–Crippen LogP) is 3.93. The van der Waals surface area contributed by atoms with E-state index in [0.717, 1.165) is 37.1 Å². The fraction of sp³-hybridized carbons (Fsp3) is 0.600. The second kappa shape index (κ2) is 8.45. The van der Waals surface area contributed by atoms with Gasteiger partial charge in [-0.1, -0.05) is 36.6 Å². The molecule has 0 bridgehead atoms. The van der Waals surface area contributed by atoms with Crippen LogP contribution in [0.25, 0.3) is 0 Å². The smallest absolute Gasteiger partial charge is 0.0409 e. The molecule has 1 N–H and O–H groups in total. The number of nitrogens with zero attached hydrogens (tertiary/aromatic N) is 1. The molecule has 2 aliphatic rings. The van der Waals surface area contributed by atoms with Crippen molar-refractivity contribution < 1.29 is 0 Å². The third-order valence-electron chi connectivity index (χ3n) is 4.08. The minimum atomic E-state index is 0. The van der Waals surface area contributed by atoms with Crippen LogP contribution in [0.1, 0.15) is 30.9 Å². The maximum absolute atomic E-state index is 6.15. The summed E-state index contributed by atoms with van der Waals surface area (Å²) in [4.78, 5) is 2.63. The van der Waals surface area contributed by atoms with Gasteiger partial charge in [0.05, 0.1) is 0 Å². The summed E-state index contributed by atoms with van der Waals surface area (Å²) in [6, 6.07) is 9.01. The van der Waals surface area contributed by atoms with Crippen LogP contribution in [0, 0.1) is 5.92 Å². The van der Waals surface area contributed by atoms with Gasteiger partial charge in [-0.05, 0) is 30.0 Å². The van der Waals surface area contributed by atoms with Crippen molar-refractivity contribution in [3.05, 3.63) is 34.9 Å². The Morgan fingerprint density at radius 3 is 2.50 bits per heavy atom. The van der Waals surface area contributed by atoms with Crippen LogP contribution in [0.4, 0.5) is 0 Å². The SMILES string of the molecule is Cl.Cl.Clc1cccc([C@@H](CC2CC2)N2CCNCC2)c1. The summed E-state index contributed by atoms with van der Waals surface area (Å²) in [7, 11) is 0. The van der Waals surface area contributed by atoms with Crippen LogP contribution in [-0.2, 0) is 0 Å². The third kappa shape index (κ3) is 4.78. The van der Waals surface area contributed by atoms with Crippen molar-refractivity contribution >= 4 is 36.4 Å². The van der Waals surface area contributed by atoms with E-state index in [1.54, 1.807) is 0 Å². The molecule has 1 saturated carbocycles. The molecule has 1 heterocycles. The fourth-order valence-electron chi connectivity index (χ4n) is 2.87. The summed E-state index contributed by atoms with van der Waals surface area (Å²) >= 11 is 6.15. The monoisotopic (exact) mass is 336 g/mol. The molecule has 0 unspecified atom stereocenters. The lowest BCUT2D eigenvalue weighted by atomic mass is 9.99.